The van der Waals surface area contributed by atoms with E-state index >= 15 is 0 Å². The van der Waals surface area contributed by atoms with Crippen LogP contribution >= 0.6 is 0 Å². The van der Waals surface area contributed by atoms with E-state index in [4.69, 9.17) is 9.47 Å². The van der Waals surface area contributed by atoms with Crippen molar-refractivity contribution >= 4 is 0 Å². The van der Waals surface area contributed by atoms with Crippen molar-refractivity contribution in [2.24, 2.45) is 0 Å². The summed E-state index contributed by atoms with van der Waals surface area (Å²) in [5, 5.41) is 3.20. The van der Waals surface area contributed by atoms with E-state index in [1.54, 1.807) is 12.4 Å². The molecule has 1 aliphatic heterocycles. The van der Waals surface area contributed by atoms with Gasteiger partial charge in [0.15, 0.2) is 0 Å². The van der Waals surface area contributed by atoms with Crippen molar-refractivity contribution in [2.45, 2.75) is 12.1 Å². The van der Waals surface area contributed by atoms with Crippen molar-refractivity contribution in [1.29, 1.82) is 0 Å². The highest BCUT2D eigenvalue weighted by atomic mass is 16.6. The quantitative estimate of drug-likeness (QED) is 0.768. The molecule has 1 aromatic heterocycles. The second-order valence-electron chi connectivity index (χ2n) is 3.42. The Morgan fingerprint density at radius 1 is 1.40 bits per heavy atom. The second kappa shape index (κ2) is 5.16. The van der Waals surface area contributed by atoms with Gasteiger partial charge in [-0.25, -0.2) is 9.97 Å². The Balaban J connectivity index is 2.09. The maximum absolute atomic E-state index is 5.64. The molecule has 82 valence electrons. The van der Waals surface area contributed by atoms with Gasteiger partial charge in [0.2, 0.25) is 0 Å². The number of rotatable bonds is 3. The first-order valence-electron chi connectivity index (χ1n) is 5.03. The van der Waals surface area contributed by atoms with E-state index in [9.17, 15) is 0 Å². The first-order valence-corrected chi connectivity index (χ1v) is 5.03. The molecule has 2 unspecified atom stereocenters. The van der Waals surface area contributed by atoms with Gasteiger partial charge in [-0.15, -0.1) is 0 Å². The van der Waals surface area contributed by atoms with Gasteiger partial charge >= 0.3 is 0 Å². The third-order valence-corrected chi connectivity index (χ3v) is 2.46. The molecule has 0 spiro atoms. The molecule has 0 aromatic carbocycles. The average Bonchev–Trinajstić information content (AvgIpc) is 2.33. The highest BCUT2D eigenvalue weighted by Gasteiger charge is 2.25. The zero-order chi connectivity index (χ0) is 10.5. The molecule has 2 atom stereocenters. The summed E-state index contributed by atoms with van der Waals surface area (Å²) in [5.41, 5.74) is 1.02. The van der Waals surface area contributed by atoms with Crippen LogP contribution in [0.2, 0.25) is 0 Å². The second-order valence-corrected chi connectivity index (χ2v) is 3.42. The SMILES string of the molecule is CNC(c1cncnc1)C1COCCO1. The Morgan fingerprint density at radius 2 is 2.20 bits per heavy atom. The van der Waals surface area contributed by atoms with Crippen LogP contribution in [0.15, 0.2) is 18.7 Å². The van der Waals surface area contributed by atoms with E-state index in [0.717, 1.165) is 5.56 Å². The molecule has 0 saturated carbocycles. The van der Waals surface area contributed by atoms with Crippen LogP contribution < -0.4 is 5.32 Å². The smallest absolute Gasteiger partial charge is 0.115 e. The van der Waals surface area contributed by atoms with Gasteiger partial charge in [0.05, 0.1) is 25.9 Å². The predicted octanol–water partition coefficient (Wildman–Crippen LogP) is 0.152. The van der Waals surface area contributed by atoms with Crippen LogP contribution in [0.4, 0.5) is 0 Å². The maximum Gasteiger partial charge on any atom is 0.115 e. The van der Waals surface area contributed by atoms with Gasteiger partial charge in [-0.1, -0.05) is 0 Å². The molecule has 2 heterocycles. The van der Waals surface area contributed by atoms with Crippen molar-refractivity contribution in [2.75, 3.05) is 26.9 Å². The molecule has 5 heteroatoms. The third-order valence-electron chi connectivity index (χ3n) is 2.46. The lowest BCUT2D eigenvalue weighted by atomic mass is 10.1. The van der Waals surface area contributed by atoms with E-state index in [1.165, 1.54) is 6.33 Å². The van der Waals surface area contributed by atoms with E-state index in [0.29, 0.717) is 19.8 Å². The minimum atomic E-state index is 0.0368. The number of hydrogen-bond acceptors (Lipinski definition) is 5. The maximum atomic E-state index is 5.64. The zero-order valence-electron chi connectivity index (χ0n) is 8.72. The Kier molecular flexibility index (Phi) is 3.60. The van der Waals surface area contributed by atoms with E-state index in [-0.39, 0.29) is 12.1 Å². The fourth-order valence-electron chi connectivity index (χ4n) is 1.74. The van der Waals surface area contributed by atoms with E-state index in [1.807, 2.05) is 7.05 Å². The molecular weight excluding hydrogens is 194 g/mol. The van der Waals surface area contributed by atoms with E-state index in [2.05, 4.69) is 15.3 Å². The Hall–Kier alpha value is -1.04. The van der Waals surface area contributed by atoms with Gasteiger partial charge in [-0.3, -0.25) is 0 Å². The number of ether oxygens (including phenoxy) is 2. The van der Waals surface area contributed by atoms with Gasteiger partial charge in [-0.05, 0) is 7.05 Å². The summed E-state index contributed by atoms with van der Waals surface area (Å²) < 4.78 is 11.0. The number of aromatic nitrogens is 2. The van der Waals surface area contributed by atoms with Crippen LogP contribution in [-0.2, 0) is 9.47 Å². The first kappa shape index (κ1) is 10.5. The van der Waals surface area contributed by atoms with Crippen LogP contribution in [0, 0.1) is 0 Å². The molecule has 15 heavy (non-hydrogen) atoms. The Labute approximate surface area is 88.8 Å². The fraction of sp³-hybridized carbons (Fsp3) is 0.600. The highest BCUT2D eigenvalue weighted by Crippen LogP contribution is 2.19. The van der Waals surface area contributed by atoms with Crippen LogP contribution in [0.3, 0.4) is 0 Å². The minimum absolute atomic E-state index is 0.0368. The van der Waals surface area contributed by atoms with Crippen LogP contribution in [0.1, 0.15) is 11.6 Å². The number of nitrogens with one attached hydrogen (secondary N) is 1. The lowest BCUT2D eigenvalue weighted by Crippen LogP contribution is -2.39. The van der Waals surface area contributed by atoms with Crippen molar-refractivity contribution in [1.82, 2.24) is 15.3 Å². The van der Waals surface area contributed by atoms with Crippen LogP contribution in [0.5, 0.6) is 0 Å². The van der Waals surface area contributed by atoms with Gasteiger partial charge in [-0.2, -0.15) is 0 Å². The molecule has 0 aliphatic carbocycles. The summed E-state index contributed by atoms with van der Waals surface area (Å²) in [6, 6.07) is 0.0894. The van der Waals surface area contributed by atoms with Gasteiger partial charge < -0.3 is 14.8 Å². The van der Waals surface area contributed by atoms with Gasteiger partial charge in [0, 0.05) is 18.0 Å². The largest absolute Gasteiger partial charge is 0.376 e. The van der Waals surface area contributed by atoms with Crippen molar-refractivity contribution in [3.05, 3.63) is 24.3 Å². The summed E-state index contributed by atoms with van der Waals surface area (Å²) in [7, 11) is 1.90. The molecular formula is C10H15N3O2. The Morgan fingerprint density at radius 3 is 2.80 bits per heavy atom. The highest BCUT2D eigenvalue weighted by molar-refractivity contribution is 5.11. The summed E-state index contributed by atoms with van der Waals surface area (Å²) >= 11 is 0. The molecule has 1 N–H and O–H groups in total. The lowest BCUT2D eigenvalue weighted by Gasteiger charge is -2.30. The molecule has 0 amide bonds. The fourth-order valence-corrected chi connectivity index (χ4v) is 1.74. The summed E-state index contributed by atoms with van der Waals surface area (Å²) in [6.07, 6.45) is 5.15. The molecule has 1 saturated heterocycles. The normalized spacial score (nSPS) is 23.7. The molecule has 0 bridgehead atoms. The van der Waals surface area contributed by atoms with E-state index < -0.39 is 0 Å². The van der Waals surface area contributed by atoms with Gasteiger partial charge in [0.1, 0.15) is 12.4 Å². The topological polar surface area (TPSA) is 56.3 Å². The summed E-state index contributed by atoms with van der Waals surface area (Å²) in [6.45, 7) is 1.94. The van der Waals surface area contributed by atoms with Crippen molar-refractivity contribution < 1.29 is 9.47 Å². The van der Waals surface area contributed by atoms with Gasteiger partial charge in [0.25, 0.3) is 0 Å². The third kappa shape index (κ3) is 2.50. The molecule has 5 nitrogen and oxygen atoms in total. The summed E-state index contributed by atoms with van der Waals surface area (Å²) in [4.78, 5) is 8.00. The predicted molar refractivity (Wildman–Crippen MR) is 54.4 cm³/mol. The zero-order valence-corrected chi connectivity index (χ0v) is 8.72. The van der Waals surface area contributed by atoms with Crippen LogP contribution in [-0.4, -0.2) is 42.9 Å². The molecule has 1 aliphatic rings. The Bertz CT molecular complexity index is 288. The molecule has 0 radical (unpaired) electrons. The average molecular weight is 209 g/mol. The standard InChI is InChI=1S/C10H15N3O2/c1-11-10(8-4-12-7-13-5-8)9-6-14-2-3-15-9/h4-5,7,9-11H,2-3,6H2,1H3. The minimum Gasteiger partial charge on any atom is -0.376 e. The number of likely N-dealkylation sites (N-methyl/N-ethyl adjacent to an activating group) is 1. The molecule has 1 aromatic rings. The summed E-state index contributed by atoms with van der Waals surface area (Å²) in [5.74, 6) is 0. The van der Waals surface area contributed by atoms with Crippen molar-refractivity contribution in [3.8, 4) is 0 Å². The number of nitrogens with zero attached hydrogens (tertiary/aromatic N) is 2. The first-order chi connectivity index (χ1) is 7.42. The van der Waals surface area contributed by atoms with Crippen molar-refractivity contribution in [3.63, 3.8) is 0 Å². The molecule has 1 fully saturated rings. The van der Waals surface area contributed by atoms with Crippen LogP contribution in [0.25, 0.3) is 0 Å². The molecule has 2 rings (SSSR count). The monoisotopic (exact) mass is 209 g/mol. The number of hydrogen-bond donors (Lipinski definition) is 1. The lowest BCUT2D eigenvalue weighted by molar-refractivity contribution is -0.101.